The fraction of sp³-hybridized carbons (Fsp3) is 0.263. The van der Waals surface area contributed by atoms with Gasteiger partial charge in [0.05, 0.1) is 21.3 Å². The number of nitrogens with one attached hydrogen (secondary N) is 2. The third-order valence-electron chi connectivity index (χ3n) is 4.19. The van der Waals surface area contributed by atoms with E-state index in [4.69, 9.17) is 14.2 Å². The number of hydrogen-bond acceptors (Lipinski definition) is 7. The fourth-order valence-electron chi connectivity index (χ4n) is 2.65. The molecule has 9 nitrogen and oxygen atoms in total. The van der Waals surface area contributed by atoms with E-state index in [0.717, 1.165) is 11.3 Å². The Bertz CT molecular complexity index is 1060. The van der Waals surface area contributed by atoms with E-state index in [1.807, 2.05) is 24.3 Å². The molecule has 29 heavy (non-hydrogen) atoms. The van der Waals surface area contributed by atoms with Crippen molar-refractivity contribution in [2.75, 3.05) is 27.9 Å². The molecule has 1 aromatic heterocycles. The molecule has 0 amide bonds. The first-order valence-corrected chi connectivity index (χ1v) is 10.2. The van der Waals surface area contributed by atoms with Crippen LogP contribution in [0, 0.1) is 0 Å². The lowest BCUT2D eigenvalue weighted by Gasteiger charge is -2.11. The predicted molar refractivity (Wildman–Crippen MR) is 107 cm³/mol. The number of ether oxygens (including phenoxy) is 3. The lowest BCUT2D eigenvalue weighted by molar-refractivity contribution is 0.392. The van der Waals surface area contributed by atoms with Crippen molar-refractivity contribution in [3.05, 3.63) is 48.3 Å². The Balaban J connectivity index is 1.66. The van der Waals surface area contributed by atoms with E-state index < -0.39 is 10.0 Å². The normalized spacial score (nSPS) is 11.3. The maximum Gasteiger partial charge on any atom is 0.244 e. The smallest absolute Gasteiger partial charge is 0.244 e. The zero-order valence-corrected chi connectivity index (χ0v) is 17.1. The van der Waals surface area contributed by atoms with Crippen LogP contribution in [0.2, 0.25) is 0 Å². The topological polar surface area (TPSA) is 115 Å². The summed E-state index contributed by atoms with van der Waals surface area (Å²) in [6, 6.07) is 11.9. The van der Waals surface area contributed by atoms with E-state index in [0.29, 0.717) is 23.8 Å². The van der Waals surface area contributed by atoms with Gasteiger partial charge >= 0.3 is 0 Å². The molecule has 0 saturated heterocycles. The summed E-state index contributed by atoms with van der Waals surface area (Å²) < 4.78 is 43.2. The molecule has 154 valence electrons. The highest BCUT2D eigenvalue weighted by Gasteiger charge is 2.20. The number of rotatable bonds is 9. The van der Waals surface area contributed by atoms with Gasteiger partial charge in [0.15, 0.2) is 5.82 Å². The highest BCUT2D eigenvalue weighted by molar-refractivity contribution is 7.89. The number of benzene rings is 2. The predicted octanol–water partition coefficient (Wildman–Crippen LogP) is 2.02. The number of H-pyrrole nitrogens is 1. The van der Waals surface area contributed by atoms with Gasteiger partial charge in [-0.2, -0.15) is 5.10 Å². The van der Waals surface area contributed by atoms with Crippen LogP contribution in [0.1, 0.15) is 5.82 Å². The third-order valence-corrected chi connectivity index (χ3v) is 5.68. The van der Waals surface area contributed by atoms with Gasteiger partial charge in [0.2, 0.25) is 10.0 Å². The van der Waals surface area contributed by atoms with Gasteiger partial charge in [-0.1, -0.05) is 0 Å². The Morgan fingerprint density at radius 1 is 0.966 bits per heavy atom. The van der Waals surface area contributed by atoms with Crippen LogP contribution in [0.15, 0.2) is 47.4 Å². The maximum atomic E-state index is 12.7. The second kappa shape index (κ2) is 8.93. The zero-order chi connectivity index (χ0) is 20.9. The number of aromatic amines is 1. The highest BCUT2D eigenvalue weighted by Crippen LogP contribution is 2.28. The molecule has 0 radical (unpaired) electrons. The molecule has 0 bridgehead atoms. The van der Waals surface area contributed by atoms with Gasteiger partial charge in [-0.25, -0.2) is 18.1 Å². The monoisotopic (exact) mass is 418 g/mol. The van der Waals surface area contributed by atoms with Gasteiger partial charge in [-0.3, -0.25) is 5.10 Å². The minimum atomic E-state index is -3.79. The van der Waals surface area contributed by atoms with Crippen molar-refractivity contribution in [3.63, 3.8) is 0 Å². The van der Waals surface area contributed by atoms with Gasteiger partial charge in [0.1, 0.15) is 28.0 Å². The molecule has 0 aliphatic rings. The molecule has 2 N–H and O–H groups in total. The Morgan fingerprint density at radius 3 is 2.31 bits per heavy atom. The number of aromatic nitrogens is 3. The third kappa shape index (κ3) is 4.84. The molecule has 0 spiro atoms. The minimum absolute atomic E-state index is 0.0100. The SMILES string of the molecule is COc1ccc(-c2n[nH]c(CCNS(=O)(=O)c3cc(OC)ccc3OC)n2)cc1. The lowest BCUT2D eigenvalue weighted by Crippen LogP contribution is -2.26. The number of nitrogens with zero attached hydrogens (tertiary/aromatic N) is 2. The van der Waals surface area contributed by atoms with Gasteiger partial charge in [0, 0.05) is 24.6 Å². The van der Waals surface area contributed by atoms with Crippen LogP contribution in [0.5, 0.6) is 17.2 Å². The second-order valence-electron chi connectivity index (χ2n) is 6.00. The van der Waals surface area contributed by atoms with Crippen molar-refractivity contribution in [2.24, 2.45) is 0 Å². The maximum absolute atomic E-state index is 12.7. The summed E-state index contributed by atoms with van der Waals surface area (Å²) in [6.45, 7) is 0.139. The van der Waals surface area contributed by atoms with Crippen LogP contribution < -0.4 is 18.9 Å². The van der Waals surface area contributed by atoms with Gasteiger partial charge in [-0.05, 0) is 36.4 Å². The van der Waals surface area contributed by atoms with Crippen LogP contribution in [-0.2, 0) is 16.4 Å². The first kappa shape index (κ1) is 20.6. The van der Waals surface area contributed by atoms with Crippen molar-refractivity contribution < 1.29 is 22.6 Å². The summed E-state index contributed by atoms with van der Waals surface area (Å²) in [5.41, 5.74) is 0.829. The molecule has 0 fully saturated rings. The Hall–Kier alpha value is -3.11. The number of hydrogen-bond donors (Lipinski definition) is 2. The molecule has 0 aliphatic heterocycles. The van der Waals surface area contributed by atoms with Crippen molar-refractivity contribution in [2.45, 2.75) is 11.3 Å². The summed E-state index contributed by atoms with van der Waals surface area (Å²) >= 11 is 0. The van der Waals surface area contributed by atoms with Crippen molar-refractivity contribution in [3.8, 4) is 28.6 Å². The quantitative estimate of drug-likeness (QED) is 0.546. The molecule has 2 aromatic carbocycles. The average Bonchev–Trinajstić information content (AvgIpc) is 3.22. The summed E-state index contributed by atoms with van der Waals surface area (Å²) in [5, 5.41) is 7.00. The van der Waals surface area contributed by atoms with E-state index in [2.05, 4.69) is 19.9 Å². The van der Waals surface area contributed by atoms with Gasteiger partial charge in [0.25, 0.3) is 0 Å². The van der Waals surface area contributed by atoms with Crippen LogP contribution in [0.3, 0.4) is 0 Å². The molecule has 0 aliphatic carbocycles. The number of sulfonamides is 1. The first-order chi connectivity index (χ1) is 14.0. The van der Waals surface area contributed by atoms with Crippen LogP contribution in [0.25, 0.3) is 11.4 Å². The van der Waals surface area contributed by atoms with Gasteiger partial charge in [-0.15, -0.1) is 0 Å². The van der Waals surface area contributed by atoms with E-state index in [1.165, 1.54) is 20.3 Å². The van der Waals surface area contributed by atoms with Crippen molar-refractivity contribution >= 4 is 10.0 Å². The lowest BCUT2D eigenvalue weighted by atomic mass is 10.2. The summed E-state index contributed by atoms with van der Waals surface area (Å²) in [6.07, 6.45) is 0.342. The molecule has 10 heteroatoms. The fourth-order valence-corrected chi connectivity index (χ4v) is 3.87. The molecular formula is C19H22N4O5S. The first-order valence-electron chi connectivity index (χ1n) is 8.74. The summed E-state index contributed by atoms with van der Waals surface area (Å²) in [4.78, 5) is 4.41. The standard InChI is InChI=1S/C19H22N4O5S/c1-26-14-6-4-13(5-7-14)19-21-18(22-23-19)10-11-20-29(24,25)17-12-15(27-2)8-9-16(17)28-3/h4-9,12,20H,10-11H2,1-3H3,(H,21,22,23). The minimum Gasteiger partial charge on any atom is -0.497 e. The van der Waals surface area contributed by atoms with E-state index in [9.17, 15) is 8.42 Å². The van der Waals surface area contributed by atoms with Crippen LogP contribution in [0.4, 0.5) is 0 Å². The van der Waals surface area contributed by atoms with Crippen LogP contribution in [-0.4, -0.2) is 51.5 Å². The summed E-state index contributed by atoms with van der Waals surface area (Å²) in [5.74, 6) is 2.49. The second-order valence-corrected chi connectivity index (χ2v) is 7.73. The Morgan fingerprint density at radius 2 is 1.66 bits per heavy atom. The van der Waals surface area contributed by atoms with Crippen LogP contribution >= 0.6 is 0 Å². The Labute approximate surface area is 169 Å². The number of methoxy groups -OCH3 is 3. The van der Waals surface area contributed by atoms with Gasteiger partial charge < -0.3 is 14.2 Å². The van der Waals surface area contributed by atoms with Crippen molar-refractivity contribution in [1.29, 1.82) is 0 Å². The highest BCUT2D eigenvalue weighted by atomic mass is 32.2. The Kier molecular flexibility index (Phi) is 6.35. The average molecular weight is 418 g/mol. The van der Waals surface area contributed by atoms with E-state index in [1.54, 1.807) is 19.2 Å². The molecule has 0 atom stereocenters. The molecule has 0 unspecified atom stereocenters. The molecule has 3 aromatic rings. The molecule has 0 saturated carbocycles. The molecule has 1 heterocycles. The molecule has 3 rings (SSSR count). The van der Waals surface area contributed by atoms with Crippen molar-refractivity contribution in [1.82, 2.24) is 19.9 Å². The molecular weight excluding hydrogens is 396 g/mol. The van der Waals surface area contributed by atoms with E-state index >= 15 is 0 Å². The summed E-state index contributed by atoms with van der Waals surface area (Å²) in [7, 11) is 0.690. The largest absolute Gasteiger partial charge is 0.497 e. The van der Waals surface area contributed by atoms with E-state index in [-0.39, 0.29) is 17.2 Å². The zero-order valence-electron chi connectivity index (χ0n) is 16.3.